The van der Waals surface area contributed by atoms with Crippen molar-refractivity contribution in [1.29, 1.82) is 0 Å². The monoisotopic (exact) mass is 217 g/mol. The molecule has 1 aromatic carbocycles. The summed E-state index contributed by atoms with van der Waals surface area (Å²) < 4.78 is 0. The first-order valence-corrected chi connectivity index (χ1v) is 5.35. The third kappa shape index (κ3) is 2.25. The van der Waals surface area contributed by atoms with Gasteiger partial charge in [-0.1, -0.05) is 24.3 Å². The second-order valence-corrected chi connectivity index (χ2v) is 3.67. The maximum Gasteiger partial charge on any atom is 0.205 e. The first-order chi connectivity index (χ1) is 7.81. The topological polar surface area (TPSA) is 69.6 Å². The van der Waals surface area contributed by atoms with Crippen LogP contribution < -0.4 is 5.73 Å². The molecule has 2 rings (SSSR count). The molecule has 0 saturated carbocycles. The summed E-state index contributed by atoms with van der Waals surface area (Å²) in [4.78, 5) is 1.59. The van der Waals surface area contributed by atoms with Gasteiger partial charge in [-0.05, 0) is 30.7 Å². The highest BCUT2D eigenvalue weighted by molar-refractivity contribution is 5.58. The Balaban J connectivity index is 2.22. The molecule has 0 fully saturated rings. The van der Waals surface area contributed by atoms with Gasteiger partial charge in [-0.15, -0.1) is 10.2 Å². The van der Waals surface area contributed by atoms with Crippen LogP contribution in [0.4, 0.5) is 0 Å². The van der Waals surface area contributed by atoms with E-state index in [0.717, 1.165) is 24.1 Å². The molecule has 0 aliphatic rings. The smallest absolute Gasteiger partial charge is 0.205 e. The highest BCUT2D eigenvalue weighted by Crippen LogP contribution is 2.17. The van der Waals surface area contributed by atoms with Gasteiger partial charge in [-0.3, -0.25) is 0 Å². The number of aromatic nitrogens is 4. The lowest BCUT2D eigenvalue weighted by molar-refractivity contribution is 0.504. The predicted molar refractivity (Wildman–Crippen MR) is 61.7 cm³/mol. The standard InChI is InChI=1S/C11H15N5/c1-9-5-2-3-6-10(9)11-13-15-16(14-11)8-4-7-12/h2-3,5-6H,4,7-8,12H2,1H3. The molecule has 0 aliphatic heterocycles. The third-order valence-corrected chi connectivity index (χ3v) is 2.40. The Morgan fingerprint density at radius 3 is 2.88 bits per heavy atom. The highest BCUT2D eigenvalue weighted by Gasteiger charge is 2.07. The molecule has 0 atom stereocenters. The number of tetrazole rings is 1. The summed E-state index contributed by atoms with van der Waals surface area (Å²) in [5.41, 5.74) is 7.61. The van der Waals surface area contributed by atoms with Crippen LogP contribution in [-0.4, -0.2) is 26.8 Å². The Bertz CT molecular complexity index is 463. The summed E-state index contributed by atoms with van der Waals surface area (Å²) in [7, 11) is 0. The van der Waals surface area contributed by atoms with E-state index in [2.05, 4.69) is 15.4 Å². The number of rotatable bonds is 4. The third-order valence-electron chi connectivity index (χ3n) is 2.40. The summed E-state index contributed by atoms with van der Waals surface area (Å²) >= 11 is 0. The van der Waals surface area contributed by atoms with E-state index in [0.29, 0.717) is 12.4 Å². The van der Waals surface area contributed by atoms with Crippen molar-refractivity contribution in [3.8, 4) is 11.4 Å². The van der Waals surface area contributed by atoms with Gasteiger partial charge in [0, 0.05) is 5.56 Å². The largest absolute Gasteiger partial charge is 0.330 e. The van der Waals surface area contributed by atoms with Crippen molar-refractivity contribution in [3.05, 3.63) is 29.8 Å². The second-order valence-electron chi connectivity index (χ2n) is 3.67. The van der Waals surface area contributed by atoms with Crippen LogP contribution in [0.15, 0.2) is 24.3 Å². The highest BCUT2D eigenvalue weighted by atomic mass is 15.6. The van der Waals surface area contributed by atoms with E-state index < -0.39 is 0 Å². The molecule has 0 aliphatic carbocycles. The molecule has 5 heteroatoms. The maximum absolute atomic E-state index is 5.43. The SMILES string of the molecule is Cc1ccccc1-c1nnn(CCCN)n1. The molecule has 1 heterocycles. The van der Waals surface area contributed by atoms with Crippen molar-refractivity contribution in [3.63, 3.8) is 0 Å². The zero-order valence-corrected chi connectivity index (χ0v) is 9.30. The lowest BCUT2D eigenvalue weighted by Crippen LogP contribution is -2.08. The van der Waals surface area contributed by atoms with Crippen LogP contribution in [0.1, 0.15) is 12.0 Å². The minimum atomic E-state index is 0.640. The van der Waals surface area contributed by atoms with Crippen LogP contribution in [0.25, 0.3) is 11.4 Å². The van der Waals surface area contributed by atoms with E-state index in [1.54, 1.807) is 4.80 Å². The molecule has 1 aromatic heterocycles. The fourth-order valence-electron chi connectivity index (χ4n) is 1.50. The molecule has 0 unspecified atom stereocenters. The molecule has 84 valence electrons. The van der Waals surface area contributed by atoms with Gasteiger partial charge in [0.25, 0.3) is 0 Å². The van der Waals surface area contributed by atoms with E-state index in [4.69, 9.17) is 5.73 Å². The first kappa shape index (κ1) is 10.8. The minimum absolute atomic E-state index is 0.640. The lowest BCUT2D eigenvalue weighted by Gasteiger charge is -1.98. The minimum Gasteiger partial charge on any atom is -0.330 e. The summed E-state index contributed by atoms with van der Waals surface area (Å²) in [6.45, 7) is 3.40. The number of nitrogens with zero attached hydrogens (tertiary/aromatic N) is 4. The number of hydrogen-bond donors (Lipinski definition) is 1. The average molecular weight is 217 g/mol. The van der Waals surface area contributed by atoms with E-state index >= 15 is 0 Å². The fourth-order valence-corrected chi connectivity index (χ4v) is 1.50. The van der Waals surface area contributed by atoms with Crippen LogP contribution in [0.5, 0.6) is 0 Å². The van der Waals surface area contributed by atoms with Gasteiger partial charge in [-0.25, -0.2) is 0 Å². The van der Waals surface area contributed by atoms with Gasteiger partial charge in [0.1, 0.15) is 0 Å². The first-order valence-electron chi connectivity index (χ1n) is 5.35. The Labute approximate surface area is 94.3 Å². The number of hydrogen-bond acceptors (Lipinski definition) is 4. The second kappa shape index (κ2) is 4.85. The van der Waals surface area contributed by atoms with Crippen molar-refractivity contribution in [1.82, 2.24) is 20.2 Å². The van der Waals surface area contributed by atoms with Crippen LogP contribution >= 0.6 is 0 Å². The van der Waals surface area contributed by atoms with Crippen LogP contribution in [-0.2, 0) is 6.54 Å². The van der Waals surface area contributed by atoms with Crippen molar-refractivity contribution in [2.45, 2.75) is 19.9 Å². The number of nitrogens with two attached hydrogens (primary N) is 1. The quantitative estimate of drug-likeness (QED) is 0.829. The van der Waals surface area contributed by atoms with Gasteiger partial charge >= 0.3 is 0 Å². The Hall–Kier alpha value is -1.75. The maximum atomic E-state index is 5.43. The van der Waals surface area contributed by atoms with Gasteiger partial charge in [0.05, 0.1) is 6.54 Å². The Morgan fingerprint density at radius 1 is 1.31 bits per heavy atom. The summed E-state index contributed by atoms with van der Waals surface area (Å²) in [6, 6.07) is 8.01. The molecule has 0 saturated heterocycles. The molecule has 0 amide bonds. The van der Waals surface area contributed by atoms with E-state index in [-0.39, 0.29) is 0 Å². The summed E-state index contributed by atoms with van der Waals surface area (Å²) in [5, 5.41) is 12.4. The number of aryl methyl sites for hydroxylation is 2. The van der Waals surface area contributed by atoms with Crippen molar-refractivity contribution >= 4 is 0 Å². The molecule has 16 heavy (non-hydrogen) atoms. The number of benzene rings is 1. The molecule has 2 N–H and O–H groups in total. The van der Waals surface area contributed by atoms with Gasteiger partial charge in [0.2, 0.25) is 5.82 Å². The van der Waals surface area contributed by atoms with Crippen LogP contribution in [0.3, 0.4) is 0 Å². The van der Waals surface area contributed by atoms with E-state index in [9.17, 15) is 0 Å². The van der Waals surface area contributed by atoms with Gasteiger partial charge in [0.15, 0.2) is 0 Å². The normalized spacial score (nSPS) is 10.6. The molecule has 0 bridgehead atoms. The van der Waals surface area contributed by atoms with Crippen molar-refractivity contribution in [2.75, 3.05) is 6.54 Å². The Morgan fingerprint density at radius 2 is 2.12 bits per heavy atom. The molecular formula is C11H15N5. The molecule has 2 aromatic rings. The van der Waals surface area contributed by atoms with Crippen molar-refractivity contribution in [2.24, 2.45) is 5.73 Å². The van der Waals surface area contributed by atoms with Crippen molar-refractivity contribution < 1.29 is 0 Å². The molecule has 0 radical (unpaired) electrons. The zero-order valence-electron chi connectivity index (χ0n) is 9.30. The summed E-state index contributed by atoms with van der Waals surface area (Å²) in [6.07, 6.45) is 0.865. The molecule has 5 nitrogen and oxygen atoms in total. The van der Waals surface area contributed by atoms with Gasteiger partial charge in [-0.2, -0.15) is 4.80 Å². The van der Waals surface area contributed by atoms with E-state index in [1.165, 1.54) is 0 Å². The van der Waals surface area contributed by atoms with Crippen LogP contribution in [0, 0.1) is 6.92 Å². The molecule has 0 spiro atoms. The Kier molecular flexibility index (Phi) is 3.26. The lowest BCUT2D eigenvalue weighted by atomic mass is 10.1. The van der Waals surface area contributed by atoms with Crippen LogP contribution in [0.2, 0.25) is 0 Å². The average Bonchev–Trinajstić information content (AvgIpc) is 2.75. The predicted octanol–water partition coefficient (Wildman–Crippen LogP) is 0.997. The zero-order chi connectivity index (χ0) is 11.4. The summed E-state index contributed by atoms with van der Waals surface area (Å²) in [5.74, 6) is 0.676. The van der Waals surface area contributed by atoms with Gasteiger partial charge < -0.3 is 5.73 Å². The molecular weight excluding hydrogens is 202 g/mol. The fraction of sp³-hybridized carbons (Fsp3) is 0.364. The van der Waals surface area contributed by atoms with E-state index in [1.807, 2.05) is 31.2 Å².